The summed E-state index contributed by atoms with van der Waals surface area (Å²) in [7, 11) is 0. The van der Waals surface area contributed by atoms with Crippen molar-refractivity contribution in [2.45, 2.75) is 38.4 Å². The van der Waals surface area contributed by atoms with E-state index in [9.17, 15) is 4.79 Å². The van der Waals surface area contributed by atoms with Crippen LogP contribution in [0.25, 0.3) is 0 Å². The van der Waals surface area contributed by atoms with Gasteiger partial charge in [0.1, 0.15) is 5.82 Å². The topological polar surface area (TPSA) is 70.8 Å². The molecule has 0 amide bonds. The van der Waals surface area contributed by atoms with Crippen LogP contribution in [-0.4, -0.2) is 18.9 Å². The van der Waals surface area contributed by atoms with Crippen LogP contribution in [-0.2, 0) is 13.1 Å². The number of aromatic nitrogens is 4. The van der Waals surface area contributed by atoms with E-state index in [1.54, 1.807) is 15.3 Å². The van der Waals surface area contributed by atoms with E-state index in [0.717, 1.165) is 32.4 Å². The Morgan fingerprint density at radius 2 is 2.11 bits per heavy atom. The highest BCUT2D eigenvalue weighted by molar-refractivity contribution is 5.23. The van der Waals surface area contributed by atoms with Crippen molar-refractivity contribution < 1.29 is 0 Å². The van der Waals surface area contributed by atoms with Crippen molar-refractivity contribution in [1.82, 2.24) is 18.9 Å². The van der Waals surface area contributed by atoms with Crippen LogP contribution in [0.3, 0.4) is 0 Å². The Bertz CT molecular complexity index is 590. The van der Waals surface area contributed by atoms with E-state index in [0.29, 0.717) is 11.9 Å². The average molecular weight is 247 g/mol. The first-order valence-corrected chi connectivity index (χ1v) is 6.30. The maximum atomic E-state index is 12.0. The molecule has 1 saturated carbocycles. The number of rotatable bonds is 5. The third kappa shape index (κ3) is 2.18. The Labute approximate surface area is 105 Å². The number of hydrogen-bond acceptors (Lipinski definition) is 3. The molecule has 0 atom stereocenters. The smallest absolute Gasteiger partial charge is 0.328 e. The minimum absolute atomic E-state index is 0.109. The zero-order valence-corrected chi connectivity index (χ0v) is 10.2. The lowest BCUT2D eigenvalue weighted by Crippen LogP contribution is -2.23. The summed E-state index contributed by atoms with van der Waals surface area (Å²) in [4.78, 5) is 12.0. The molecule has 0 unspecified atom stereocenters. The number of anilines is 1. The minimum Gasteiger partial charge on any atom is -0.382 e. The molecule has 2 aromatic heterocycles. The van der Waals surface area contributed by atoms with Crippen LogP contribution in [0, 0.1) is 0 Å². The number of aryl methyl sites for hydroxylation is 2. The minimum atomic E-state index is 0.109. The predicted molar refractivity (Wildman–Crippen MR) is 68.2 cm³/mol. The number of imidazole rings is 1. The molecule has 0 saturated heterocycles. The molecule has 6 nitrogen and oxygen atoms in total. The molecule has 2 N–H and O–H groups in total. The van der Waals surface area contributed by atoms with Gasteiger partial charge in [0.15, 0.2) is 0 Å². The zero-order valence-electron chi connectivity index (χ0n) is 10.2. The molecule has 1 aliphatic carbocycles. The quantitative estimate of drug-likeness (QED) is 0.851. The van der Waals surface area contributed by atoms with Crippen LogP contribution in [0.5, 0.6) is 0 Å². The van der Waals surface area contributed by atoms with Gasteiger partial charge in [0, 0.05) is 37.7 Å². The molecule has 6 heteroatoms. The van der Waals surface area contributed by atoms with E-state index < -0.39 is 0 Å². The van der Waals surface area contributed by atoms with E-state index in [1.165, 1.54) is 0 Å². The van der Waals surface area contributed by atoms with Crippen molar-refractivity contribution in [2.75, 3.05) is 5.73 Å². The van der Waals surface area contributed by atoms with Gasteiger partial charge in [-0.25, -0.2) is 4.79 Å². The molecule has 2 aromatic rings. The number of hydrogen-bond donors (Lipinski definition) is 1. The highest BCUT2D eigenvalue weighted by atomic mass is 16.1. The van der Waals surface area contributed by atoms with Gasteiger partial charge in [0.25, 0.3) is 0 Å². The first-order chi connectivity index (χ1) is 8.74. The molecule has 0 bridgehead atoms. The van der Waals surface area contributed by atoms with Gasteiger partial charge in [-0.15, -0.1) is 0 Å². The van der Waals surface area contributed by atoms with Gasteiger partial charge >= 0.3 is 5.69 Å². The number of nitrogens with zero attached hydrogens (tertiary/aromatic N) is 4. The van der Waals surface area contributed by atoms with Gasteiger partial charge < -0.3 is 5.73 Å². The lowest BCUT2D eigenvalue weighted by atomic mass is 10.4. The summed E-state index contributed by atoms with van der Waals surface area (Å²) >= 11 is 0. The maximum Gasteiger partial charge on any atom is 0.328 e. The molecule has 96 valence electrons. The van der Waals surface area contributed by atoms with Crippen LogP contribution in [0.4, 0.5) is 5.82 Å². The fourth-order valence-electron chi connectivity index (χ4n) is 2.13. The van der Waals surface area contributed by atoms with Crippen LogP contribution < -0.4 is 11.4 Å². The van der Waals surface area contributed by atoms with Gasteiger partial charge in [0.05, 0.1) is 0 Å². The third-order valence-electron chi connectivity index (χ3n) is 3.26. The Morgan fingerprint density at radius 1 is 1.28 bits per heavy atom. The summed E-state index contributed by atoms with van der Waals surface area (Å²) in [6.07, 6.45) is 8.76. The van der Waals surface area contributed by atoms with Crippen LogP contribution in [0.2, 0.25) is 0 Å². The van der Waals surface area contributed by atoms with Gasteiger partial charge in [-0.3, -0.25) is 13.8 Å². The summed E-state index contributed by atoms with van der Waals surface area (Å²) in [6.45, 7) is 1.50. The van der Waals surface area contributed by atoms with Crippen LogP contribution in [0.1, 0.15) is 25.3 Å². The number of nitrogens with two attached hydrogens (primary N) is 1. The zero-order chi connectivity index (χ0) is 12.5. The molecular weight excluding hydrogens is 230 g/mol. The van der Waals surface area contributed by atoms with E-state index in [2.05, 4.69) is 5.10 Å². The van der Waals surface area contributed by atoms with E-state index in [1.807, 2.05) is 23.2 Å². The maximum absolute atomic E-state index is 12.0. The molecule has 2 heterocycles. The lowest BCUT2D eigenvalue weighted by molar-refractivity contribution is 0.514. The first kappa shape index (κ1) is 11.1. The molecule has 0 aromatic carbocycles. The van der Waals surface area contributed by atoms with Gasteiger partial charge in [-0.05, 0) is 25.3 Å². The molecule has 1 aliphatic rings. The van der Waals surface area contributed by atoms with Crippen molar-refractivity contribution >= 4 is 5.82 Å². The van der Waals surface area contributed by atoms with Crippen LogP contribution >= 0.6 is 0 Å². The average Bonchev–Trinajstić information content (AvgIpc) is 3.01. The Hall–Kier alpha value is -1.98. The molecule has 1 fully saturated rings. The van der Waals surface area contributed by atoms with E-state index in [-0.39, 0.29) is 5.69 Å². The summed E-state index contributed by atoms with van der Waals surface area (Å²) in [5.74, 6) is 0.534. The van der Waals surface area contributed by atoms with Crippen molar-refractivity contribution in [2.24, 2.45) is 0 Å². The van der Waals surface area contributed by atoms with Crippen molar-refractivity contribution in [3.05, 3.63) is 35.1 Å². The second-order valence-corrected chi connectivity index (χ2v) is 4.77. The van der Waals surface area contributed by atoms with Crippen molar-refractivity contribution in [1.29, 1.82) is 0 Å². The molecule has 0 radical (unpaired) electrons. The van der Waals surface area contributed by atoms with Gasteiger partial charge in [-0.1, -0.05) is 0 Å². The van der Waals surface area contributed by atoms with E-state index >= 15 is 0 Å². The molecule has 18 heavy (non-hydrogen) atoms. The highest BCUT2D eigenvalue weighted by Gasteiger charge is 2.25. The van der Waals surface area contributed by atoms with Gasteiger partial charge in [0.2, 0.25) is 0 Å². The van der Waals surface area contributed by atoms with E-state index in [4.69, 9.17) is 5.73 Å². The molecular formula is C12H17N5O. The SMILES string of the molecule is Nc1ccn(CCCn2ccn(C3CC3)c2=O)n1. The highest BCUT2D eigenvalue weighted by Crippen LogP contribution is 2.33. The van der Waals surface area contributed by atoms with Crippen molar-refractivity contribution in [3.8, 4) is 0 Å². The summed E-state index contributed by atoms with van der Waals surface area (Å²) < 4.78 is 5.41. The molecule has 3 rings (SSSR count). The Morgan fingerprint density at radius 3 is 2.78 bits per heavy atom. The summed E-state index contributed by atoms with van der Waals surface area (Å²) in [5, 5.41) is 4.11. The predicted octanol–water partition coefficient (Wildman–Crippen LogP) is 0.854. The second kappa shape index (κ2) is 4.36. The Kier molecular flexibility index (Phi) is 2.70. The number of nitrogen functional groups attached to an aromatic ring is 1. The third-order valence-corrected chi connectivity index (χ3v) is 3.26. The Balaban J connectivity index is 1.58. The summed E-state index contributed by atoms with van der Waals surface area (Å²) in [5.41, 5.74) is 5.65. The lowest BCUT2D eigenvalue weighted by Gasteiger charge is -2.02. The van der Waals surface area contributed by atoms with Crippen molar-refractivity contribution in [3.63, 3.8) is 0 Å². The molecule has 0 spiro atoms. The van der Waals surface area contributed by atoms with Gasteiger partial charge in [-0.2, -0.15) is 5.10 Å². The van der Waals surface area contributed by atoms with Crippen LogP contribution in [0.15, 0.2) is 29.5 Å². The second-order valence-electron chi connectivity index (χ2n) is 4.77. The fourth-order valence-corrected chi connectivity index (χ4v) is 2.13. The standard InChI is InChI=1S/C12H17N5O/c13-11-4-7-16(14-11)6-1-5-15-8-9-17(12(15)18)10-2-3-10/h4,7-10H,1-3,5-6H2,(H2,13,14). The normalized spacial score (nSPS) is 15.1. The first-order valence-electron chi connectivity index (χ1n) is 6.30. The summed E-state index contributed by atoms with van der Waals surface area (Å²) in [6, 6.07) is 2.22. The molecule has 0 aliphatic heterocycles. The largest absolute Gasteiger partial charge is 0.382 e. The fraction of sp³-hybridized carbons (Fsp3) is 0.500. The monoisotopic (exact) mass is 247 g/mol.